The van der Waals surface area contributed by atoms with Gasteiger partial charge in [-0.15, -0.1) is 0 Å². The first-order chi connectivity index (χ1) is 12.1. The topological polar surface area (TPSA) is 79.3 Å². The number of fused-ring (bicyclic) bond motifs is 4. The number of hydrogen-bond acceptors (Lipinski definition) is 5. The molecule has 25 heavy (non-hydrogen) atoms. The lowest BCUT2D eigenvalue weighted by molar-refractivity contribution is -0.138. The second-order valence-electron chi connectivity index (χ2n) is 7.02. The fraction of sp³-hybridized carbons (Fsp3) is 0.556. The maximum absolute atomic E-state index is 13.1. The van der Waals surface area contributed by atoms with Gasteiger partial charge in [-0.3, -0.25) is 14.5 Å². The molecule has 134 valence electrons. The van der Waals surface area contributed by atoms with E-state index in [1.54, 1.807) is 0 Å². The minimum Gasteiger partial charge on any atom is -0.493 e. The van der Waals surface area contributed by atoms with Crippen LogP contribution in [-0.4, -0.2) is 78.8 Å². The molecule has 0 radical (unpaired) electrons. The number of benzene rings is 1. The van der Waals surface area contributed by atoms with E-state index >= 15 is 0 Å². The van der Waals surface area contributed by atoms with E-state index in [1.807, 2.05) is 28.0 Å². The number of ether oxygens (including phenoxy) is 2. The molecule has 3 aliphatic heterocycles. The average Bonchev–Trinajstić information content (AvgIpc) is 2.86. The van der Waals surface area contributed by atoms with E-state index in [2.05, 4.69) is 0 Å². The average molecular weight is 346 g/mol. The summed E-state index contributed by atoms with van der Waals surface area (Å²) < 4.78 is 11.2. The lowest BCUT2D eigenvalue weighted by atomic mass is 10.1. The first-order valence-electron chi connectivity index (χ1n) is 8.69. The molecule has 0 unspecified atom stereocenters. The lowest BCUT2D eigenvalue weighted by Gasteiger charge is -2.30. The van der Waals surface area contributed by atoms with E-state index < -0.39 is 5.97 Å². The van der Waals surface area contributed by atoms with Gasteiger partial charge in [0.25, 0.3) is 5.91 Å². The fourth-order valence-corrected chi connectivity index (χ4v) is 3.99. The molecule has 0 aromatic heterocycles. The highest BCUT2D eigenvalue weighted by Gasteiger charge is 2.36. The van der Waals surface area contributed by atoms with Crippen molar-refractivity contribution in [2.24, 2.45) is 5.92 Å². The molecule has 2 bridgehead atoms. The first kappa shape index (κ1) is 16.4. The van der Waals surface area contributed by atoms with Crippen LogP contribution in [0.5, 0.6) is 5.75 Å². The summed E-state index contributed by atoms with van der Waals surface area (Å²) in [5.41, 5.74) is 1.74. The number of carbonyl (C=O) groups is 2. The van der Waals surface area contributed by atoms with Gasteiger partial charge in [0.05, 0.1) is 32.4 Å². The third-order valence-corrected chi connectivity index (χ3v) is 5.10. The number of aliphatic carboxylic acids is 1. The van der Waals surface area contributed by atoms with Crippen molar-refractivity contribution in [3.63, 3.8) is 0 Å². The van der Waals surface area contributed by atoms with Crippen molar-refractivity contribution < 1.29 is 24.2 Å². The second-order valence-corrected chi connectivity index (χ2v) is 7.02. The van der Waals surface area contributed by atoms with Crippen molar-refractivity contribution >= 4 is 11.9 Å². The van der Waals surface area contributed by atoms with E-state index in [4.69, 9.17) is 14.6 Å². The molecule has 0 aliphatic carbocycles. The van der Waals surface area contributed by atoms with Gasteiger partial charge in [-0.1, -0.05) is 0 Å². The van der Waals surface area contributed by atoms with Gasteiger partial charge in [-0.05, 0) is 23.8 Å². The van der Waals surface area contributed by atoms with Crippen LogP contribution in [-0.2, 0) is 16.0 Å². The van der Waals surface area contributed by atoms with Crippen molar-refractivity contribution in [2.45, 2.75) is 12.5 Å². The van der Waals surface area contributed by atoms with Crippen molar-refractivity contribution in [1.29, 1.82) is 0 Å². The molecule has 2 atom stereocenters. The van der Waals surface area contributed by atoms with E-state index in [0.717, 1.165) is 17.7 Å². The van der Waals surface area contributed by atoms with Gasteiger partial charge >= 0.3 is 5.97 Å². The molecule has 3 heterocycles. The van der Waals surface area contributed by atoms with Gasteiger partial charge in [0.1, 0.15) is 5.75 Å². The summed E-state index contributed by atoms with van der Waals surface area (Å²) in [5.74, 6) is 0.153. The summed E-state index contributed by atoms with van der Waals surface area (Å²) in [4.78, 5) is 28.0. The van der Waals surface area contributed by atoms with Crippen LogP contribution in [0.4, 0.5) is 0 Å². The maximum atomic E-state index is 13.1. The molecule has 7 nitrogen and oxygen atoms in total. The van der Waals surface area contributed by atoms with Gasteiger partial charge in [-0.2, -0.15) is 0 Å². The molecule has 1 aromatic carbocycles. The van der Waals surface area contributed by atoms with Crippen molar-refractivity contribution in [3.05, 3.63) is 29.3 Å². The van der Waals surface area contributed by atoms with Crippen LogP contribution in [0, 0.1) is 5.92 Å². The Labute approximate surface area is 146 Å². The fourth-order valence-electron chi connectivity index (χ4n) is 3.99. The number of rotatable bonds is 3. The number of carboxylic acid groups (broad SMARTS) is 1. The zero-order chi connectivity index (χ0) is 17.4. The molecule has 0 saturated carbocycles. The van der Waals surface area contributed by atoms with Gasteiger partial charge in [-0.25, -0.2) is 0 Å². The number of nitrogens with zero attached hydrogens (tertiary/aromatic N) is 2. The molecule has 7 heteroatoms. The standard InChI is InChI=1S/C18H22N2O5/c21-17(22)9-19-6-12-7-20(15(8-19)11-24-10-12)18(23)14-1-2-16-13(5-14)3-4-25-16/h1-2,5,12,15H,3-4,6-11H2,(H,21,22)/t12-,15-/m0/s1. The van der Waals surface area contributed by atoms with Crippen molar-refractivity contribution in [3.8, 4) is 5.75 Å². The quantitative estimate of drug-likeness (QED) is 0.858. The third kappa shape index (κ3) is 3.34. The van der Waals surface area contributed by atoms with Crippen molar-refractivity contribution in [1.82, 2.24) is 9.80 Å². The van der Waals surface area contributed by atoms with Crippen LogP contribution in [0.3, 0.4) is 0 Å². The Morgan fingerprint density at radius 3 is 2.92 bits per heavy atom. The summed E-state index contributed by atoms with van der Waals surface area (Å²) in [6.45, 7) is 3.46. The van der Waals surface area contributed by atoms with Crippen LogP contribution < -0.4 is 4.74 Å². The second kappa shape index (κ2) is 6.65. The van der Waals surface area contributed by atoms with Gasteiger partial charge in [0.15, 0.2) is 0 Å². The first-order valence-corrected chi connectivity index (χ1v) is 8.69. The zero-order valence-corrected chi connectivity index (χ0v) is 14.0. The Bertz CT molecular complexity index is 692. The molecule has 2 saturated heterocycles. The molecular formula is C18H22N2O5. The third-order valence-electron chi connectivity index (χ3n) is 5.10. The molecular weight excluding hydrogens is 324 g/mol. The minimum atomic E-state index is -0.836. The lowest BCUT2D eigenvalue weighted by Crippen LogP contribution is -2.47. The van der Waals surface area contributed by atoms with E-state index in [9.17, 15) is 9.59 Å². The smallest absolute Gasteiger partial charge is 0.317 e. The van der Waals surface area contributed by atoms with E-state index in [-0.39, 0.29) is 24.4 Å². The molecule has 1 amide bonds. The monoisotopic (exact) mass is 346 g/mol. The minimum absolute atomic E-state index is 0.00517. The summed E-state index contributed by atoms with van der Waals surface area (Å²) in [6, 6.07) is 5.49. The predicted molar refractivity (Wildman–Crippen MR) is 88.9 cm³/mol. The molecule has 0 spiro atoms. The molecule has 3 aliphatic rings. The number of amides is 1. The zero-order valence-electron chi connectivity index (χ0n) is 14.0. The van der Waals surface area contributed by atoms with Crippen molar-refractivity contribution in [2.75, 3.05) is 46.0 Å². The molecule has 2 fully saturated rings. The summed E-state index contributed by atoms with van der Waals surface area (Å²) in [7, 11) is 0. The normalized spacial score (nSPS) is 25.8. The van der Waals surface area contributed by atoms with E-state index in [0.29, 0.717) is 45.0 Å². The van der Waals surface area contributed by atoms with Gasteiger partial charge in [0.2, 0.25) is 0 Å². The highest BCUT2D eigenvalue weighted by atomic mass is 16.5. The summed E-state index contributed by atoms with van der Waals surface area (Å²) in [5, 5.41) is 9.10. The van der Waals surface area contributed by atoms with Gasteiger partial charge in [0, 0.05) is 37.5 Å². The highest BCUT2D eigenvalue weighted by molar-refractivity contribution is 5.95. The van der Waals surface area contributed by atoms with Gasteiger partial charge < -0.3 is 19.5 Å². The van der Waals surface area contributed by atoms with Crippen LogP contribution in [0.15, 0.2) is 18.2 Å². The molecule has 1 N–H and O–H groups in total. The van der Waals surface area contributed by atoms with Crippen LogP contribution >= 0.6 is 0 Å². The van der Waals surface area contributed by atoms with Crippen LogP contribution in [0.25, 0.3) is 0 Å². The maximum Gasteiger partial charge on any atom is 0.317 e. The van der Waals surface area contributed by atoms with E-state index in [1.165, 1.54) is 0 Å². The Morgan fingerprint density at radius 1 is 1.20 bits per heavy atom. The number of hydrogen-bond donors (Lipinski definition) is 1. The molecule has 1 aromatic rings. The Kier molecular flexibility index (Phi) is 4.35. The Morgan fingerprint density at radius 2 is 2.08 bits per heavy atom. The largest absolute Gasteiger partial charge is 0.493 e. The predicted octanol–water partition coefficient (Wildman–Crippen LogP) is 0.479. The number of carbonyl (C=O) groups excluding carboxylic acids is 1. The SMILES string of the molecule is O=C(O)CN1C[C@@H]2COC[C@H](C1)N(C(=O)c1ccc3c(c1)CCO3)C2. The summed E-state index contributed by atoms with van der Waals surface area (Å²) in [6.07, 6.45) is 0.831. The summed E-state index contributed by atoms with van der Waals surface area (Å²) >= 11 is 0. The molecule has 4 rings (SSSR count). The van der Waals surface area contributed by atoms with Crippen LogP contribution in [0.1, 0.15) is 15.9 Å². The highest BCUT2D eigenvalue weighted by Crippen LogP contribution is 2.28. The Hall–Kier alpha value is -2.12. The Balaban J connectivity index is 1.56. The number of carboxylic acids is 1. The van der Waals surface area contributed by atoms with Crippen LogP contribution in [0.2, 0.25) is 0 Å².